The van der Waals surface area contributed by atoms with Gasteiger partial charge >= 0.3 is 6.18 Å². The maximum Gasteiger partial charge on any atom is 0.404 e. The van der Waals surface area contributed by atoms with Gasteiger partial charge in [0.05, 0.1) is 12.9 Å². The first-order valence-electron chi connectivity index (χ1n) is 12.3. The Morgan fingerprint density at radius 3 is 2.46 bits per heavy atom. The first-order valence-corrected chi connectivity index (χ1v) is 14.8. The Bertz CT molecular complexity index is 1320. The second-order valence-electron chi connectivity index (χ2n) is 9.21. The van der Waals surface area contributed by atoms with E-state index in [1.54, 1.807) is 0 Å². The summed E-state index contributed by atoms with van der Waals surface area (Å²) in [6.07, 6.45) is -3.75. The van der Waals surface area contributed by atoms with Gasteiger partial charge in [0.2, 0.25) is 28.0 Å². The van der Waals surface area contributed by atoms with Gasteiger partial charge in [-0.2, -0.15) is 17.9 Å². The summed E-state index contributed by atoms with van der Waals surface area (Å²) in [4.78, 5) is 25.8. The molecule has 1 aliphatic carbocycles. The molecule has 2 aromatic rings. The maximum atomic E-state index is 13.4. The van der Waals surface area contributed by atoms with Crippen LogP contribution in [0.2, 0.25) is 0 Å². The van der Waals surface area contributed by atoms with E-state index in [0.717, 1.165) is 44.6 Å². The van der Waals surface area contributed by atoms with Gasteiger partial charge in [-0.1, -0.05) is 31.0 Å². The van der Waals surface area contributed by atoms with Crippen molar-refractivity contribution in [3.8, 4) is 5.75 Å². The van der Waals surface area contributed by atoms with E-state index in [1.165, 1.54) is 4.72 Å². The first-order chi connectivity index (χ1) is 19.2. The lowest BCUT2D eigenvalue weighted by Crippen LogP contribution is -2.49. The van der Waals surface area contributed by atoms with E-state index in [9.17, 15) is 40.0 Å². The number of nitrogens with one attached hydrogen (secondary N) is 3. The molecule has 2 amide bonds. The van der Waals surface area contributed by atoms with E-state index < -0.39 is 57.2 Å². The number of aromatic nitrogens is 2. The number of hydrogen-bond donors (Lipinski definition) is 3. The Balaban J connectivity index is 1.81. The van der Waals surface area contributed by atoms with E-state index in [4.69, 9.17) is 4.74 Å². The zero-order chi connectivity index (χ0) is 30.4. The van der Waals surface area contributed by atoms with Crippen molar-refractivity contribution in [1.29, 1.82) is 0 Å². The highest BCUT2D eigenvalue weighted by molar-refractivity contribution is 7.99. The molecule has 1 heterocycles. The Hall–Kier alpha value is -2.99. The van der Waals surface area contributed by atoms with Crippen LogP contribution in [0.1, 0.15) is 49.5 Å². The number of carbonyl (C=O) groups is 2. The number of sulfonamides is 1. The molecule has 0 saturated heterocycles. The van der Waals surface area contributed by atoms with E-state index in [0.29, 0.717) is 31.5 Å². The molecule has 41 heavy (non-hydrogen) atoms. The highest BCUT2D eigenvalue weighted by atomic mass is 32.2. The van der Waals surface area contributed by atoms with Crippen molar-refractivity contribution in [2.45, 2.75) is 73.6 Å². The molecule has 0 aliphatic heterocycles. The fourth-order valence-electron chi connectivity index (χ4n) is 4.18. The van der Waals surface area contributed by atoms with Crippen LogP contribution in [0.3, 0.4) is 0 Å². The molecule has 1 aromatic heterocycles. The summed E-state index contributed by atoms with van der Waals surface area (Å²) < 4.78 is 100. The molecule has 11 nitrogen and oxygen atoms in total. The molecule has 2 atom stereocenters. The zero-order valence-corrected chi connectivity index (χ0v) is 23.5. The Labute approximate surface area is 236 Å². The van der Waals surface area contributed by atoms with E-state index >= 15 is 0 Å². The number of thioether (sulfide) groups is 1. The number of nitrogens with zero attached hydrogens (tertiary/aromatic N) is 2. The standard InChI is InChI=1S/C23H28F5N5O6S2/c1-12(23(26,27)28)33-41(36,37)16-9-8-14(10-15(16)38-2)29-20(34)18(13-6-4-3-5-7-13)30-21(35)19-22(32-39-31-19)40-11-17(24)25/h8-10,12-13,17-18,33H,3-7,11H2,1-2H3,(H,29,34)(H,30,35)/t12-,18-/m0/s1. The lowest BCUT2D eigenvalue weighted by Gasteiger charge is -2.30. The van der Waals surface area contributed by atoms with Gasteiger partial charge in [0.15, 0.2) is 5.03 Å². The summed E-state index contributed by atoms with van der Waals surface area (Å²) in [5.74, 6) is -2.82. The van der Waals surface area contributed by atoms with Crippen molar-refractivity contribution in [2.24, 2.45) is 5.92 Å². The fraction of sp³-hybridized carbons (Fsp3) is 0.565. The molecule has 0 radical (unpaired) electrons. The van der Waals surface area contributed by atoms with Crippen LogP contribution < -0.4 is 20.1 Å². The van der Waals surface area contributed by atoms with Gasteiger partial charge in [0, 0.05) is 11.8 Å². The van der Waals surface area contributed by atoms with Crippen LogP contribution in [-0.4, -0.2) is 68.1 Å². The number of methoxy groups -OCH3 is 1. The topological polar surface area (TPSA) is 153 Å². The number of halogens is 5. The number of amides is 2. The molecule has 3 rings (SSSR count). The largest absolute Gasteiger partial charge is 0.495 e. The Morgan fingerprint density at radius 2 is 1.85 bits per heavy atom. The second-order valence-corrected chi connectivity index (χ2v) is 11.9. The van der Waals surface area contributed by atoms with Crippen LogP contribution in [-0.2, 0) is 14.8 Å². The van der Waals surface area contributed by atoms with Gasteiger partial charge in [-0.15, -0.1) is 0 Å². The van der Waals surface area contributed by atoms with Crippen LogP contribution in [0.15, 0.2) is 32.7 Å². The Morgan fingerprint density at radius 1 is 1.17 bits per heavy atom. The highest BCUT2D eigenvalue weighted by Gasteiger charge is 2.39. The maximum absolute atomic E-state index is 13.4. The highest BCUT2D eigenvalue weighted by Crippen LogP contribution is 2.31. The number of hydrogen-bond acceptors (Lipinski definition) is 9. The van der Waals surface area contributed by atoms with Crippen LogP contribution in [0.5, 0.6) is 5.75 Å². The van der Waals surface area contributed by atoms with Gasteiger partial charge in [0.1, 0.15) is 22.7 Å². The first kappa shape index (κ1) is 32.5. The summed E-state index contributed by atoms with van der Waals surface area (Å²) in [5.41, 5.74) is -0.318. The molecule has 1 aromatic carbocycles. The molecular weight excluding hydrogens is 601 g/mol. The number of rotatable bonds is 12. The van der Waals surface area contributed by atoms with Crippen LogP contribution >= 0.6 is 11.8 Å². The van der Waals surface area contributed by atoms with E-state index in [2.05, 4.69) is 25.6 Å². The molecule has 1 fully saturated rings. The SMILES string of the molecule is COc1cc(NC(=O)[C@@H](NC(=O)c2nonc2SCC(F)F)C2CCCCC2)ccc1S(=O)(=O)N[C@@H](C)C(F)(F)F. The van der Waals surface area contributed by atoms with Gasteiger partial charge in [-0.25, -0.2) is 21.8 Å². The fourth-order valence-corrected chi connectivity index (χ4v) is 6.20. The normalized spacial score (nSPS) is 16.3. The smallest absolute Gasteiger partial charge is 0.404 e. The van der Waals surface area contributed by atoms with Crippen LogP contribution in [0, 0.1) is 5.92 Å². The van der Waals surface area contributed by atoms with Gasteiger partial charge in [-0.3, -0.25) is 9.59 Å². The lowest BCUT2D eigenvalue weighted by atomic mass is 9.83. The summed E-state index contributed by atoms with van der Waals surface area (Å²) in [6, 6.07) is -0.220. The molecule has 18 heteroatoms. The third-order valence-corrected chi connectivity index (χ3v) is 8.79. The second kappa shape index (κ2) is 13.8. The summed E-state index contributed by atoms with van der Waals surface area (Å²) >= 11 is 0.567. The minimum Gasteiger partial charge on any atom is -0.495 e. The predicted molar refractivity (Wildman–Crippen MR) is 136 cm³/mol. The lowest BCUT2D eigenvalue weighted by molar-refractivity contribution is -0.147. The zero-order valence-electron chi connectivity index (χ0n) is 21.8. The molecule has 0 unspecified atom stereocenters. The van der Waals surface area contributed by atoms with Gasteiger partial charge < -0.3 is 15.4 Å². The average Bonchev–Trinajstić information content (AvgIpc) is 3.38. The van der Waals surface area contributed by atoms with Crippen molar-refractivity contribution >= 4 is 39.3 Å². The minimum absolute atomic E-state index is 0.0426. The molecule has 1 aliphatic rings. The monoisotopic (exact) mass is 629 g/mol. The molecular formula is C23H28F5N5O6S2. The third-order valence-electron chi connectivity index (χ3n) is 6.25. The third kappa shape index (κ3) is 8.75. The van der Waals surface area contributed by atoms with Crippen molar-refractivity contribution in [3.63, 3.8) is 0 Å². The van der Waals surface area contributed by atoms with E-state index in [-0.39, 0.29) is 28.1 Å². The molecule has 0 bridgehead atoms. The molecule has 3 N–H and O–H groups in total. The average molecular weight is 630 g/mol. The van der Waals surface area contributed by atoms with Crippen molar-refractivity contribution < 1.29 is 49.3 Å². The van der Waals surface area contributed by atoms with Gasteiger partial charge in [-0.05, 0) is 48.1 Å². The number of benzene rings is 1. The summed E-state index contributed by atoms with van der Waals surface area (Å²) in [7, 11) is -3.55. The molecule has 228 valence electrons. The summed E-state index contributed by atoms with van der Waals surface area (Å²) in [5, 5.41) is 11.9. The Kier molecular flexibility index (Phi) is 10.9. The van der Waals surface area contributed by atoms with E-state index in [1.807, 2.05) is 0 Å². The number of anilines is 1. The molecule has 0 spiro atoms. The quantitative estimate of drug-likeness (QED) is 0.234. The molecule has 1 saturated carbocycles. The minimum atomic E-state index is -4.82. The number of ether oxygens (including phenoxy) is 1. The number of alkyl halides is 5. The van der Waals surface area contributed by atoms with Gasteiger partial charge in [0.25, 0.3) is 5.91 Å². The predicted octanol–water partition coefficient (Wildman–Crippen LogP) is 3.98. The van der Waals surface area contributed by atoms with Crippen LogP contribution in [0.25, 0.3) is 0 Å². The van der Waals surface area contributed by atoms with Crippen molar-refractivity contribution in [3.05, 3.63) is 23.9 Å². The summed E-state index contributed by atoms with van der Waals surface area (Å²) in [6.45, 7) is 0.647. The number of carbonyl (C=O) groups excluding carboxylic acids is 2. The van der Waals surface area contributed by atoms with Crippen molar-refractivity contribution in [2.75, 3.05) is 18.2 Å². The van der Waals surface area contributed by atoms with Crippen LogP contribution in [0.4, 0.5) is 27.6 Å². The van der Waals surface area contributed by atoms with Crippen molar-refractivity contribution in [1.82, 2.24) is 20.4 Å².